The molecule has 0 unspecified atom stereocenters. The Hall–Kier alpha value is -2.21. The number of benzene rings is 1. The zero-order chi connectivity index (χ0) is 15.2. The summed E-state index contributed by atoms with van der Waals surface area (Å²) in [5, 5.41) is 11.8. The summed E-state index contributed by atoms with van der Waals surface area (Å²) in [6.07, 6.45) is 1.76. The first kappa shape index (κ1) is 15.2. The number of carboxylic acid groups (broad SMARTS) is 1. The number of halogens is 1. The van der Waals surface area contributed by atoms with Crippen LogP contribution in [0, 0.1) is 0 Å². The highest BCUT2D eigenvalue weighted by Gasteiger charge is 2.22. The third kappa shape index (κ3) is 4.13. The fourth-order valence-electron chi connectivity index (χ4n) is 1.84. The second-order valence-electron chi connectivity index (χ2n) is 4.40. The topological polar surface area (TPSA) is 79.3 Å². The van der Waals surface area contributed by atoms with Crippen molar-refractivity contribution in [1.82, 2.24) is 10.3 Å². The Bertz CT molecular complexity index is 646. The summed E-state index contributed by atoms with van der Waals surface area (Å²) in [5.41, 5.74) is 1.15. The molecule has 1 atom stereocenters. The van der Waals surface area contributed by atoms with Crippen molar-refractivity contribution in [2.24, 2.45) is 0 Å². The van der Waals surface area contributed by atoms with E-state index in [4.69, 9.17) is 0 Å². The zero-order valence-corrected chi connectivity index (χ0v) is 12.6. The van der Waals surface area contributed by atoms with Crippen molar-refractivity contribution in [3.05, 3.63) is 64.4 Å². The molecule has 1 aromatic carbocycles. The molecule has 0 saturated carbocycles. The Morgan fingerprint density at radius 3 is 2.52 bits per heavy atom. The maximum absolute atomic E-state index is 12.1. The predicted octanol–water partition coefficient (Wildman–Crippen LogP) is 2.27. The van der Waals surface area contributed by atoms with Gasteiger partial charge in [-0.25, -0.2) is 9.78 Å². The lowest BCUT2D eigenvalue weighted by Crippen LogP contribution is -2.42. The largest absolute Gasteiger partial charge is 0.480 e. The summed E-state index contributed by atoms with van der Waals surface area (Å²) in [6.45, 7) is 0. The van der Waals surface area contributed by atoms with Crippen molar-refractivity contribution < 1.29 is 14.7 Å². The van der Waals surface area contributed by atoms with Crippen LogP contribution in [0.3, 0.4) is 0 Å². The summed E-state index contributed by atoms with van der Waals surface area (Å²) in [6, 6.07) is 11.4. The van der Waals surface area contributed by atoms with Crippen molar-refractivity contribution >= 4 is 27.8 Å². The quantitative estimate of drug-likeness (QED) is 0.812. The lowest BCUT2D eigenvalue weighted by atomic mass is 10.1. The molecule has 0 aliphatic heterocycles. The number of carbonyl (C=O) groups is 2. The van der Waals surface area contributed by atoms with Crippen LogP contribution in [0.15, 0.2) is 53.3 Å². The van der Waals surface area contributed by atoms with Crippen molar-refractivity contribution in [2.75, 3.05) is 0 Å². The van der Waals surface area contributed by atoms with Crippen LogP contribution in [0.25, 0.3) is 0 Å². The van der Waals surface area contributed by atoms with Crippen molar-refractivity contribution in [3.8, 4) is 0 Å². The summed E-state index contributed by atoms with van der Waals surface area (Å²) in [4.78, 5) is 27.4. The fourth-order valence-corrected chi connectivity index (χ4v) is 2.27. The molecule has 1 aromatic heterocycles. The number of hydrogen-bond donors (Lipinski definition) is 2. The van der Waals surface area contributed by atoms with Crippen molar-refractivity contribution in [3.63, 3.8) is 0 Å². The Morgan fingerprint density at radius 1 is 1.19 bits per heavy atom. The third-order valence-corrected chi connectivity index (χ3v) is 3.52. The molecule has 0 aliphatic carbocycles. The number of carboxylic acids is 1. The molecule has 0 bridgehead atoms. The van der Waals surface area contributed by atoms with Crippen molar-refractivity contribution in [1.29, 1.82) is 0 Å². The number of carbonyl (C=O) groups excluding carboxylic acids is 1. The first-order valence-electron chi connectivity index (χ1n) is 6.26. The minimum absolute atomic E-state index is 0.222. The molecule has 2 rings (SSSR count). The zero-order valence-electron chi connectivity index (χ0n) is 11.0. The maximum Gasteiger partial charge on any atom is 0.326 e. The van der Waals surface area contributed by atoms with E-state index in [2.05, 4.69) is 26.2 Å². The van der Waals surface area contributed by atoms with E-state index < -0.39 is 17.9 Å². The van der Waals surface area contributed by atoms with E-state index in [0.29, 0.717) is 10.2 Å². The van der Waals surface area contributed by atoms with Crippen LogP contribution in [-0.4, -0.2) is 28.0 Å². The van der Waals surface area contributed by atoms with E-state index in [1.54, 1.807) is 18.3 Å². The molecule has 0 fully saturated rings. The predicted molar refractivity (Wildman–Crippen MR) is 81.0 cm³/mol. The van der Waals surface area contributed by atoms with Gasteiger partial charge in [-0.1, -0.05) is 30.3 Å². The number of nitrogens with zero attached hydrogens (tertiary/aromatic N) is 1. The van der Waals surface area contributed by atoms with Gasteiger partial charge >= 0.3 is 5.97 Å². The van der Waals surface area contributed by atoms with Crippen LogP contribution in [0.4, 0.5) is 0 Å². The fraction of sp³-hybridized carbons (Fsp3) is 0.133. The number of amides is 1. The molecule has 21 heavy (non-hydrogen) atoms. The van der Waals surface area contributed by atoms with Crippen LogP contribution in [0.1, 0.15) is 15.9 Å². The van der Waals surface area contributed by atoms with Crippen LogP contribution >= 0.6 is 15.9 Å². The summed E-state index contributed by atoms with van der Waals surface area (Å²) < 4.78 is 0.381. The number of nitrogens with one attached hydrogen (secondary N) is 1. The number of hydrogen-bond acceptors (Lipinski definition) is 3. The minimum atomic E-state index is -1.08. The molecular formula is C15H13BrN2O3. The third-order valence-electron chi connectivity index (χ3n) is 2.89. The molecule has 0 radical (unpaired) electrons. The average molecular weight is 349 g/mol. The van der Waals surface area contributed by atoms with Gasteiger partial charge < -0.3 is 10.4 Å². The molecule has 2 aromatic rings. The first-order valence-corrected chi connectivity index (χ1v) is 7.05. The number of aliphatic carboxylic acids is 1. The van der Waals surface area contributed by atoms with Crippen LogP contribution in [-0.2, 0) is 11.2 Å². The average Bonchev–Trinajstić information content (AvgIpc) is 2.48. The number of aromatic nitrogens is 1. The Balaban J connectivity index is 2.12. The molecule has 1 amide bonds. The first-order chi connectivity index (χ1) is 10.1. The second kappa shape index (κ2) is 6.99. The maximum atomic E-state index is 12.1. The molecule has 0 aliphatic rings. The molecule has 5 nitrogen and oxygen atoms in total. The van der Waals surface area contributed by atoms with Crippen LogP contribution in [0.5, 0.6) is 0 Å². The van der Waals surface area contributed by atoms with Gasteiger partial charge in [-0.3, -0.25) is 4.79 Å². The molecule has 0 spiro atoms. The van der Waals surface area contributed by atoms with Gasteiger partial charge in [0.05, 0.1) is 5.56 Å². The van der Waals surface area contributed by atoms with Gasteiger partial charge in [-0.05, 0) is 33.6 Å². The molecule has 6 heteroatoms. The Morgan fingerprint density at radius 2 is 1.90 bits per heavy atom. The van der Waals surface area contributed by atoms with Gasteiger partial charge in [0.1, 0.15) is 10.6 Å². The van der Waals surface area contributed by atoms with Gasteiger partial charge in [-0.2, -0.15) is 0 Å². The van der Waals surface area contributed by atoms with E-state index in [0.717, 1.165) is 5.56 Å². The van der Waals surface area contributed by atoms with Crippen LogP contribution < -0.4 is 5.32 Å². The summed E-state index contributed by atoms with van der Waals surface area (Å²) in [7, 11) is 0. The lowest BCUT2D eigenvalue weighted by Gasteiger charge is -2.15. The molecule has 108 valence electrons. The van der Waals surface area contributed by atoms with E-state index in [9.17, 15) is 14.7 Å². The highest BCUT2D eigenvalue weighted by Crippen LogP contribution is 2.13. The second-order valence-corrected chi connectivity index (χ2v) is 5.15. The van der Waals surface area contributed by atoms with Gasteiger partial charge in [0.2, 0.25) is 0 Å². The lowest BCUT2D eigenvalue weighted by molar-refractivity contribution is -0.139. The highest BCUT2D eigenvalue weighted by molar-refractivity contribution is 9.10. The van der Waals surface area contributed by atoms with Crippen LogP contribution in [0.2, 0.25) is 0 Å². The molecular weight excluding hydrogens is 336 g/mol. The smallest absolute Gasteiger partial charge is 0.326 e. The van der Waals surface area contributed by atoms with E-state index >= 15 is 0 Å². The van der Waals surface area contributed by atoms with E-state index in [1.165, 1.54) is 0 Å². The Labute approximate surface area is 130 Å². The summed E-state index contributed by atoms with van der Waals surface area (Å²) in [5.74, 6) is -1.55. The van der Waals surface area contributed by atoms with Gasteiger partial charge in [0, 0.05) is 12.6 Å². The number of rotatable bonds is 5. The molecule has 1 heterocycles. The summed E-state index contributed by atoms with van der Waals surface area (Å²) >= 11 is 3.17. The molecule has 2 N–H and O–H groups in total. The van der Waals surface area contributed by atoms with E-state index in [1.807, 2.05) is 30.3 Å². The SMILES string of the molecule is O=C(N[C@H](Cc1ccccc1)C(=O)O)c1cccnc1Br. The van der Waals surface area contributed by atoms with Gasteiger partial charge in [0.15, 0.2) is 0 Å². The highest BCUT2D eigenvalue weighted by atomic mass is 79.9. The van der Waals surface area contributed by atoms with Gasteiger partial charge in [0.25, 0.3) is 5.91 Å². The standard InChI is InChI=1S/C15H13BrN2O3/c16-13-11(7-4-8-17-13)14(19)18-12(15(20)21)9-10-5-2-1-3-6-10/h1-8,12H,9H2,(H,18,19)(H,20,21)/t12-/m1/s1. The van der Waals surface area contributed by atoms with Crippen molar-refractivity contribution in [2.45, 2.75) is 12.5 Å². The van der Waals surface area contributed by atoms with Gasteiger partial charge in [-0.15, -0.1) is 0 Å². The Kier molecular flexibility index (Phi) is 5.05. The van der Waals surface area contributed by atoms with E-state index in [-0.39, 0.29) is 6.42 Å². The molecule has 0 saturated heterocycles. The monoisotopic (exact) mass is 348 g/mol. The number of pyridine rings is 1. The normalized spacial score (nSPS) is 11.7. The minimum Gasteiger partial charge on any atom is -0.480 e.